The zero-order chi connectivity index (χ0) is 14.5. The first kappa shape index (κ1) is 14.5. The average molecular weight is 288 g/mol. The van der Waals surface area contributed by atoms with Crippen molar-refractivity contribution in [3.8, 4) is 5.75 Å². The summed E-state index contributed by atoms with van der Waals surface area (Å²) in [7, 11) is 0.192. The van der Waals surface area contributed by atoms with Gasteiger partial charge in [-0.1, -0.05) is 30.3 Å². The van der Waals surface area contributed by atoms with Gasteiger partial charge in [-0.3, -0.25) is 9.00 Å². The molecule has 1 unspecified atom stereocenters. The van der Waals surface area contributed by atoms with Crippen LogP contribution in [-0.2, 0) is 10.8 Å². The molecule has 1 atom stereocenters. The second kappa shape index (κ2) is 6.48. The van der Waals surface area contributed by atoms with Crippen LogP contribution in [0.1, 0.15) is 15.9 Å². The van der Waals surface area contributed by atoms with Gasteiger partial charge in [0.2, 0.25) is 0 Å². The number of benzene rings is 2. The molecular formula is C16H16O3S. The number of carbonyl (C=O) groups excluding carboxylic acids is 1. The molecule has 4 heteroatoms. The second-order valence-electron chi connectivity index (χ2n) is 4.41. The molecule has 0 spiro atoms. The summed E-state index contributed by atoms with van der Waals surface area (Å²) in [4.78, 5) is 12.8. The molecule has 0 saturated heterocycles. The summed E-state index contributed by atoms with van der Waals surface area (Å²) in [5.74, 6) is 0.515. The molecule has 0 saturated carbocycles. The number of carbonyl (C=O) groups is 1. The first-order chi connectivity index (χ1) is 9.61. The van der Waals surface area contributed by atoms with Gasteiger partial charge in [-0.25, -0.2) is 0 Å². The summed E-state index contributed by atoms with van der Waals surface area (Å²) in [6, 6.07) is 14.3. The van der Waals surface area contributed by atoms with Crippen LogP contribution < -0.4 is 4.74 Å². The van der Waals surface area contributed by atoms with Gasteiger partial charge in [-0.05, 0) is 30.7 Å². The molecule has 104 valence electrons. The van der Waals surface area contributed by atoms with Crippen molar-refractivity contribution >= 4 is 16.6 Å². The van der Waals surface area contributed by atoms with E-state index in [0.29, 0.717) is 16.2 Å². The van der Waals surface area contributed by atoms with Gasteiger partial charge in [0.25, 0.3) is 0 Å². The van der Waals surface area contributed by atoms with E-state index in [1.54, 1.807) is 37.4 Å². The summed E-state index contributed by atoms with van der Waals surface area (Å²) in [6.07, 6.45) is 0. The Labute approximate surface area is 121 Å². The largest absolute Gasteiger partial charge is 0.497 e. The van der Waals surface area contributed by atoms with Crippen LogP contribution >= 0.6 is 0 Å². The summed E-state index contributed by atoms with van der Waals surface area (Å²) in [6.45, 7) is 1.88. The van der Waals surface area contributed by atoms with Gasteiger partial charge in [0.05, 0.1) is 23.7 Å². The van der Waals surface area contributed by atoms with Crippen LogP contribution in [0.15, 0.2) is 53.4 Å². The standard InChI is InChI=1S/C16H16O3S/c1-12-6-3-4-9-15(12)16(17)11-20(18)14-8-5-7-13(10-14)19-2/h3-10H,11H2,1-2H3. The van der Waals surface area contributed by atoms with Gasteiger partial charge in [-0.2, -0.15) is 0 Å². The van der Waals surface area contributed by atoms with E-state index in [0.717, 1.165) is 5.56 Å². The van der Waals surface area contributed by atoms with Crippen molar-refractivity contribution < 1.29 is 13.7 Å². The minimum absolute atomic E-state index is 0.0159. The molecule has 0 amide bonds. The quantitative estimate of drug-likeness (QED) is 0.794. The van der Waals surface area contributed by atoms with E-state index < -0.39 is 10.8 Å². The Hall–Kier alpha value is -1.94. The maximum absolute atomic E-state index is 12.2. The Morgan fingerprint density at radius 2 is 1.90 bits per heavy atom. The van der Waals surface area contributed by atoms with Gasteiger partial charge < -0.3 is 4.74 Å². The van der Waals surface area contributed by atoms with Gasteiger partial charge >= 0.3 is 0 Å². The highest BCUT2D eigenvalue weighted by Gasteiger charge is 2.14. The van der Waals surface area contributed by atoms with Crippen molar-refractivity contribution in [1.29, 1.82) is 0 Å². The van der Waals surface area contributed by atoms with E-state index in [1.807, 2.05) is 25.1 Å². The summed E-state index contributed by atoms with van der Waals surface area (Å²) in [5.41, 5.74) is 1.53. The highest BCUT2D eigenvalue weighted by molar-refractivity contribution is 7.85. The van der Waals surface area contributed by atoms with Gasteiger partial charge in [0.15, 0.2) is 5.78 Å². The molecular weight excluding hydrogens is 272 g/mol. The monoisotopic (exact) mass is 288 g/mol. The van der Waals surface area contributed by atoms with Crippen LogP contribution in [0.3, 0.4) is 0 Å². The fourth-order valence-corrected chi connectivity index (χ4v) is 2.95. The highest BCUT2D eigenvalue weighted by Crippen LogP contribution is 2.17. The summed E-state index contributed by atoms with van der Waals surface area (Å²) in [5, 5.41) is 0. The lowest BCUT2D eigenvalue weighted by molar-refractivity contribution is 0.102. The number of hydrogen-bond donors (Lipinski definition) is 0. The topological polar surface area (TPSA) is 43.4 Å². The summed E-state index contributed by atoms with van der Waals surface area (Å²) >= 11 is 0. The molecule has 0 fully saturated rings. The minimum Gasteiger partial charge on any atom is -0.497 e. The SMILES string of the molecule is COc1cccc(S(=O)CC(=O)c2ccccc2C)c1. The number of hydrogen-bond acceptors (Lipinski definition) is 3. The molecule has 2 aromatic carbocycles. The zero-order valence-electron chi connectivity index (χ0n) is 11.5. The Kier molecular flexibility index (Phi) is 4.69. The third-order valence-electron chi connectivity index (χ3n) is 3.01. The van der Waals surface area contributed by atoms with Gasteiger partial charge in [-0.15, -0.1) is 0 Å². The predicted molar refractivity (Wildman–Crippen MR) is 79.8 cm³/mol. The fourth-order valence-electron chi connectivity index (χ4n) is 1.91. The van der Waals surface area contributed by atoms with E-state index >= 15 is 0 Å². The molecule has 0 heterocycles. The number of aryl methyl sites for hydroxylation is 1. The molecule has 0 aliphatic carbocycles. The van der Waals surface area contributed by atoms with E-state index in [4.69, 9.17) is 4.74 Å². The third-order valence-corrected chi connectivity index (χ3v) is 4.32. The van der Waals surface area contributed by atoms with Crippen LogP contribution in [-0.4, -0.2) is 22.9 Å². The first-order valence-corrected chi connectivity index (χ1v) is 7.55. The van der Waals surface area contributed by atoms with E-state index in [1.165, 1.54) is 0 Å². The van der Waals surface area contributed by atoms with E-state index in [9.17, 15) is 9.00 Å². The number of rotatable bonds is 5. The molecule has 0 N–H and O–H groups in total. The average Bonchev–Trinajstić information content (AvgIpc) is 2.47. The zero-order valence-corrected chi connectivity index (χ0v) is 12.3. The maximum Gasteiger partial charge on any atom is 0.175 e. The summed E-state index contributed by atoms with van der Waals surface area (Å²) < 4.78 is 17.3. The number of ether oxygens (including phenoxy) is 1. The van der Waals surface area contributed by atoms with Gasteiger partial charge in [0.1, 0.15) is 5.75 Å². The van der Waals surface area contributed by atoms with Crippen LogP contribution in [0.2, 0.25) is 0 Å². The molecule has 2 rings (SSSR count). The van der Waals surface area contributed by atoms with Crippen LogP contribution in [0, 0.1) is 6.92 Å². The Bertz CT molecular complexity index is 650. The minimum atomic E-state index is -1.36. The molecule has 0 aromatic heterocycles. The van der Waals surface area contributed by atoms with Crippen molar-refractivity contribution in [2.24, 2.45) is 0 Å². The number of Topliss-reactive ketones (excluding diaryl/α,β-unsaturated/α-hetero) is 1. The van der Waals surface area contributed by atoms with Crippen molar-refractivity contribution in [3.63, 3.8) is 0 Å². The molecule has 0 aliphatic heterocycles. The lowest BCUT2D eigenvalue weighted by atomic mass is 10.1. The van der Waals surface area contributed by atoms with E-state index in [2.05, 4.69) is 0 Å². The van der Waals surface area contributed by atoms with Crippen molar-refractivity contribution in [2.45, 2.75) is 11.8 Å². The third kappa shape index (κ3) is 3.33. The Morgan fingerprint density at radius 3 is 2.60 bits per heavy atom. The molecule has 20 heavy (non-hydrogen) atoms. The maximum atomic E-state index is 12.2. The highest BCUT2D eigenvalue weighted by atomic mass is 32.2. The number of methoxy groups -OCH3 is 1. The lowest BCUT2D eigenvalue weighted by Crippen LogP contribution is -2.12. The lowest BCUT2D eigenvalue weighted by Gasteiger charge is -2.06. The van der Waals surface area contributed by atoms with Crippen molar-refractivity contribution in [2.75, 3.05) is 12.9 Å². The fraction of sp³-hybridized carbons (Fsp3) is 0.188. The van der Waals surface area contributed by atoms with E-state index in [-0.39, 0.29) is 11.5 Å². The second-order valence-corrected chi connectivity index (χ2v) is 5.86. The smallest absolute Gasteiger partial charge is 0.175 e. The molecule has 0 radical (unpaired) electrons. The Balaban J connectivity index is 2.15. The number of ketones is 1. The van der Waals surface area contributed by atoms with Gasteiger partial charge in [0, 0.05) is 10.5 Å². The molecule has 0 bridgehead atoms. The Morgan fingerprint density at radius 1 is 1.15 bits per heavy atom. The predicted octanol–water partition coefficient (Wildman–Crippen LogP) is 2.99. The normalized spacial score (nSPS) is 11.9. The van der Waals surface area contributed by atoms with Crippen LogP contribution in [0.4, 0.5) is 0 Å². The van der Waals surface area contributed by atoms with Crippen LogP contribution in [0.5, 0.6) is 5.75 Å². The molecule has 3 nitrogen and oxygen atoms in total. The first-order valence-electron chi connectivity index (χ1n) is 6.23. The van der Waals surface area contributed by atoms with Crippen molar-refractivity contribution in [1.82, 2.24) is 0 Å². The molecule has 2 aromatic rings. The molecule has 0 aliphatic rings. The van der Waals surface area contributed by atoms with Crippen molar-refractivity contribution in [3.05, 3.63) is 59.7 Å². The van der Waals surface area contributed by atoms with Crippen LogP contribution in [0.25, 0.3) is 0 Å².